The molecule has 1 aliphatic rings. The van der Waals surface area contributed by atoms with Crippen molar-refractivity contribution in [3.63, 3.8) is 0 Å². The zero-order valence-electron chi connectivity index (χ0n) is 12.7. The zero-order chi connectivity index (χ0) is 15.8. The topological polar surface area (TPSA) is 75.6 Å². The van der Waals surface area contributed by atoms with Crippen molar-refractivity contribution in [3.8, 4) is 0 Å². The SMILES string of the molecule is O=C(COC(=O)CC1(O)CCCCCC1)NCc1cccs1. The molecule has 5 nitrogen and oxygen atoms in total. The summed E-state index contributed by atoms with van der Waals surface area (Å²) in [6, 6.07) is 3.85. The molecule has 0 unspecified atom stereocenters. The molecular weight excluding hydrogens is 302 g/mol. The van der Waals surface area contributed by atoms with Gasteiger partial charge in [0, 0.05) is 4.88 Å². The summed E-state index contributed by atoms with van der Waals surface area (Å²) >= 11 is 1.56. The van der Waals surface area contributed by atoms with Crippen molar-refractivity contribution in [1.82, 2.24) is 5.32 Å². The third kappa shape index (κ3) is 5.77. The Morgan fingerprint density at radius 2 is 2.00 bits per heavy atom. The number of carbonyl (C=O) groups excluding carboxylic acids is 2. The summed E-state index contributed by atoms with van der Waals surface area (Å²) in [5.74, 6) is -0.828. The fourth-order valence-electron chi connectivity index (χ4n) is 2.68. The summed E-state index contributed by atoms with van der Waals surface area (Å²) in [7, 11) is 0. The Balaban J connectivity index is 1.67. The van der Waals surface area contributed by atoms with Crippen LogP contribution in [0.3, 0.4) is 0 Å². The Hall–Kier alpha value is -1.40. The first-order chi connectivity index (χ1) is 10.6. The lowest BCUT2D eigenvalue weighted by molar-refractivity contribution is -0.153. The molecule has 0 saturated heterocycles. The van der Waals surface area contributed by atoms with Gasteiger partial charge in [-0.25, -0.2) is 0 Å². The highest BCUT2D eigenvalue weighted by atomic mass is 32.1. The lowest BCUT2D eigenvalue weighted by Gasteiger charge is -2.25. The third-order valence-corrected chi connectivity index (χ3v) is 4.79. The van der Waals surface area contributed by atoms with Gasteiger partial charge in [0.15, 0.2) is 6.61 Å². The van der Waals surface area contributed by atoms with Gasteiger partial charge in [0.2, 0.25) is 0 Å². The minimum atomic E-state index is -0.957. The van der Waals surface area contributed by atoms with E-state index in [9.17, 15) is 14.7 Å². The summed E-state index contributed by atoms with van der Waals surface area (Å²) < 4.78 is 4.97. The third-order valence-electron chi connectivity index (χ3n) is 3.91. The van der Waals surface area contributed by atoms with Crippen molar-refractivity contribution in [3.05, 3.63) is 22.4 Å². The molecule has 1 amide bonds. The predicted molar refractivity (Wildman–Crippen MR) is 84.4 cm³/mol. The van der Waals surface area contributed by atoms with Gasteiger partial charge in [-0.15, -0.1) is 11.3 Å². The molecule has 0 aromatic carbocycles. The van der Waals surface area contributed by atoms with Crippen LogP contribution in [-0.4, -0.2) is 29.2 Å². The molecule has 0 atom stereocenters. The van der Waals surface area contributed by atoms with Crippen LogP contribution in [0.2, 0.25) is 0 Å². The van der Waals surface area contributed by atoms with Crippen LogP contribution in [0, 0.1) is 0 Å². The highest BCUT2D eigenvalue weighted by Gasteiger charge is 2.31. The number of hydrogen-bond donors (Lipinski definition) is 2. The molecule has 1 aromatic rings. The van der Waals surface area contributed by atoms with E-state index in [0.717, 1.165) is 30.6 Å². The van der Waals surface area contributed by atoms with Crippen molar-refractivity contribution in [1.29, 1.82) is 0 Å². The molecule has 0 bridgehead atoms. The number of carbonyl (C=O) groups is 2. The van der Waals surface area contributed by atoms with Crippen molar-refractivity contribution in [2.75, 3.05) is 6.61 Å². The van der Waals surface area contributed by atoms with Crippen LogP contribution in [0.5, 0.6) is 0 Å². The second-order valence-electron chi connectivity index (χ2n) is 5.83. The maximum atomic E-state index is 11.8. The number of esters is 1. The van der Waals surface area contributed by atoms with Gasteiger partial charge in [0.25, 0.3) is 5.91 Å². The predicted octanol–water partition coefficient (Wildman–Crippen LogP) is 2.38. The molecule has 1 fully saturated rings. The van der Waals surface area contributed by atoms with E-state index in [1.54, 1.807) is 11.3 Å². The molecule has 1 saturated carbocycles. The second-order valence-corrected chi connectivity index (χ2v) is 6.86. The number of ether oxygens (including phenoxy) is 1. The summed E-state index contributed by atoms with van der Waals surface area (Å²) in [6.07, 6.45) is 5.31. The summed E-state index contributed by atoms with van der Waals surface area (Å²) in [5.41, 5.74) is -0.957. The van der Waals surface area contributed by atoms with E-state index >= 15 is 0 Å². The molecular formula is C16H23NO4S. The normalized spacial score (nSPS) is 17.5. The van der Waals surface area contributed by atoms with Crippen LogP contribution in [0.15, 0.2) is 17.5 Å². The number of amides is 1. The monoisotopic (exact) mass is 325 g/mol. The minimum absolute atomic E-state index is 0.0226. The van der Waals surface area contributed by atoms with Crippen LogP contribution >= 0.6 is 11.3 Å². The number of hydrogen-bond acceptors (Lipinski definition) is 5. The molecule has 1 heterocycles. The molecule has 22 heavy (non-hydrogen) atoms. The number of rotatable bonds is 6. The fourth-order valence-corrected chi connectivity index (χ4v) is 3.32. The highest BCUT2D eigenvalue weighted by molar-refractivity contribution is 7.09. The molecule has 0 spiro atoms. The smallest absolute Gasteiger partial charge is 0.309 e. The Kier molecular flexibility index (Phi) is 6.39. The van der Waals surface area contributed by atoms with E-state index in [4.69, 9.17) is 4.74 Å². The van der Waals surface area contributed by atoms with Crippen molar-refractivity contribution in [2.24, 2.45) is 0 Å². The lowest BCUT2D eigenvalue weighted by atomic mass is 9.91. The van der Waals surface area contributed by atoms with Crippen LogP contribution in [0.25, 0.3) is 0 Å². The average Bonchev–Trinajstić information content (AvgIpc) is 2.91. The number of aliphatic hydroxyl groups is 1. The van der Waals surface area contributed by atoms with E-state index in [1.807, 2.05) is 17.5 Å². The van der Waals surface area contributed by atoms with Crippen LogP contribution < -0.4 is 5.32 Å². The molecule has 6 heteroatoms. The highest BCUT2D eigenvalue weighted by Crippen LogP contribution is 2.29. The first kappa shape index (κ1) is 17.0. The van der Waals surface area contributed by atoms with Gasteiger partial charge in [-0.3, -0.25) is 9.59 Å². The van der Waals surface area contributed by atoms with E-state index in [0.29, 0.717) is 19.4 Å². The Morgan fingerprint density at radius 1 is 1.27 bits per heavy atom. The zero-order valence-corrected chi connectivity index (χ0v) is 13.5. The minimum Gasteiger partial charge on any atom is -0.455 e. The molecule has 2 N–H and O–H groups in total. The van der Waals surface area contributed by atoms with Crippen LogP contribution in [0.4, 0.5) is 0 Å². The molecule has 0 radical (unpaired) electrons. The van der Waals surface area contributed by atoms with Gasteiger partial charge in [-0.2, -0.15) is 0 Å². The average molecular weight is 325 g/mol. The Morgan fingerprint density at radius 3 is 2.64 bits per heavy atom. The summed E-state index contributed by atoms with van der Waals surface area (Å²) in [6.45, 7) is 0.151. The lowest BCUT2D eigenvalue weighted by Crippen LogP contribution is -2.34. The summed E-state index contributed by atoms with van der Waals surface area (Å²) in [5, 5.41) is 15.1. The number of thiophene rings is 1. The molecule has 1 aromatic heterocycles. The molecule has 0 aliphatic heterocycles. The van der Waals surface area contributed by atoms with Gasteiger partial charge >= 0.3 is 5.97 Å². The van der Waals surface area contributed by atoms with E-state index in [2.05, 4.69) is 5.32 Å². The second kappa shape index (κ2) is 8.29. The van der Waals surface area contributed by atoms with Crippen molar-refractivity contribution < 1.29 is 19.4 Å². The van der Waals surface area contributed by atoms with Gasteiger partial charge in [-0.05, 0) is 24.3 Å². The first-order valence-electron chi connectivity index (χ1n) is 7.74. The quantitative estimate of drug-likeness (QED) is 0.622. The molecule has 122 valence electrons. The van der Waals surface area contributed by atoms with Gasteiger partial charge < -0.3 is 15.2 Å². The van der Waals surface area contributed by atoms with Gasteiger partial charge in [0.05, 0.1) is 18.6 Å². The van der Waals surface area contributed by atoms with Gasteiger partial charge in [-0.1, -0.05) is 31.7 Å². The van der Waals surface area contributed by atoms with Crippen LogP contribution in [-0.2, 0) is 20.9 Å². The maximum Gasteiger partial charge on any atom is 0.309 e. The van der Waals surface area contributed by atoms with Gasteiger partial charge in [0.1, 0.15) is 0 Å². The molecule has 1 aliphatic carbocycles. The largest absolute Gasteiger partial charge is 0.455 e. The van der Waals surface area contributed by atoms with E-state index < -0.39 is 11.6 Å². The van der Waals surface area contributed by atoms with Crippen molar-refractivity contribution in [2.45, 2.75) is 57.1 Å². The van der Waals surface area contributed by atoms with Crippen LogP contribution in [0.1, 0.15) is 49.8 Å². The first-order valence-corrected chi connectivity index (χ1v) is 8.62. The van der Waals surface area contributed by atoms with E-state index in [-0.39, 0.29) is 18.9 Å². The summed E-state index contributed by atoms with van der Waals surface area (Å²) in [4.78, 5) is 24.5. The Bertz CT molecular complexity index is 478. The van der Waals surface area contributed by atoms with Crippen molar-refractivity contribution >= 4 is 23.2 Å². The fraction of sp³-hybridized carbons (Fsp3) is 0.625. The number of nitrogens with one attached hydrogen (secondary N) is 1. The maximum absolute atomic E-state index is 11.8. The van der Waals surface area contributed by atoms with E-state index in [1.165, 1.54) is 0 Å². The standard InChI is InChI=1S/C16H23NO4S/c18-14(17-11-13-6-5-9-22-13)12-21-15(19)10-16(20)7-3-1-2-4-8-16/h5-6,9,20H,1-4,7-8,10-12H2,(H,17,18). The molecule has 2 rings (SSSR count). The Labute approximate surface area is 134 Å².